The van der Waals surface area contributed by atoms with Crippen LogP contribution in [-0.4, -0.2) is 56.8 Å². The summed E-state index contributed by atoms with van der Waals surface area (Å²) in [6, 6.07) is 0. The molecule has 1 heterocycles. The van der Waals surface area contributed by atoms with Gasteiger partial charge >= 0.3 is 6.18 Å². The lowest BCUT2D eigenvalue weighted by Gasteiger charge is -2.32. The summed E-state index contributed by atoms with van der Waals surface area (Å²) in [5.41, 5.74) is 0. The molecule has 1 amide bonds. The van der Waals surface area contributed by atoms with Gasteiger partial charge in [-0.25, -0.2) is 0 Å². The number of likely N-dealkylation sites (N-methyl/N-ethyl adjacent to an activating group) is 1. The highest BCUT2D eigenvalue weighted by Crippen LogP contribution is 2.23. The lowest BCUT2D eigenvalue weighted by Crippen LogP contribution is -2.40. The van der Waals surface area contributed by atoms with Crippen molar-refractivity contribution in [1.82, 2.24) is 15.5 Å². The summed E-state index contributed by atoms with van der Waals surface area (Å²) < 4.78 is 36.6. The molecule has 1 rings (SSSR count). The number of carbonyl (C=O) groups excluding carboxylic acids is 1. The van der Waals surface area contributed by atoms with Crippen molar-refractivity contribution in [3.8, 4) is 0 Å². The van der Waals surface area contributed by atoms with Gasteiger partial charge in [0.2, 0.25) is 5.91 Å². The molecular formula is C12H22F3N3O. The maximum atomic E-state index is 12.2. The lowest BCUT2D eigenvalue weighted by atomic mass is 9.93. The first kappa shape index (κ1) is 16.2. The molecule has 0 spiro atoms. The van der Waals surface area contributed by atoms with E-state index in [0.717, 1.165) is 19.3 Å². The van der Waals surface area contributed by atoms with Crippen LogP contribution < -0.4 is 10.6 Å². The Hall–Kier alpha value is -0.820. The highest BCUT2D eigenvalue weighted by Gasteiger charge is 2.32. The number of halogens is 3. The summed E-state index contributed by atoms with van der Waals surface area (Å²) in [6.07, 6.45) is -1.71. The summed E-state index contributed by atoms with van der Waals surface area (Å²) >= 11 is 0. The van der Waals surface area contributed by atoms with Crippen molar-refractivity contribution in [3.63, 3.8) is 0 Å². The van der Waals surface area contributed by atoms with Crippen molar-refractivity contribution >= 4 is 5.91 Å². The van der Waals surface area contributed by atoms with E-state index in [1.807, 2.05) is 0 Å². The predicted octanol–water partition coefficient (Wildman–Crippen LogP) is 0.986. The summed E-state index contributed by atoms with van der Waals surface area (Å²) in [6.45, 7) is 1.08. The van der Waals surface area contributed by atoms with Crippen LogP contribution >= 0.6 is 0 Å². The Morgan fingerprint density at radius 3 is 2.47 bits per heavy atom. The average Bonchev–Trinajstić information content (AvgIpc) is 2.30. The maximum Gasteiger partial charge on any atom is 0.401 e. The molecule has 0 saturated carbocycles. The fourth-order valence-electron chi connectivity index (χ4n) is 2.33. The second-order valence-electron chi connectivity index (χ2n) is 5.00. The number of rotatable bonds is 6. The van der Waals surface area contributed by atoms with Crippen LogP contribution in [0.15, 0.2) is 0 Å². The molecule has 7 heteroatoms. The van der Waals surface area contributed by atoms with Crippen molar-refractivity contribution in [2.75, 3.05) is 39.8 Å². The molecule has 1 aliphatic rings. The van der Waals surface area contributed by atoms with Gasteiger partial charge in [0.25, 0.3) is 0 Å². The maximum absolute atomic E-state index is 12.2. The highest BCUT2D eigenvalue weighted by molar-refractivity contribution is 5.77. The molecule has 0 radical (unpaired) electrons. The number of hydrogen-bond acceptors (Lipinski definition) is 3. The van der Waals surface area contributed by atoms with Crippen molar-refractivity contribution < 1.29 is 18.0 Å². The van der Waals surface area contributed by atoms with E-state index in [1.54, 1.807) is 7.05 Å². The fraction of sp³-hybridized carbons (Fsp3) is 0.917. The van der Waals surface area contributed by atoms with E-state index in [9.17, 15) is 18.0 Å². The molecule has 1 saturated heterocycles. The molecule has 0 bridgehead atoms. The number of carbonyl (C=O) groups is 1. The van der Waals surface area contributed by atoms with E-state index in [4.69, 9.17) is 0 Å². The van der Waals surface area contributed by atoms with E-state index in [1.165, 1.54) is 4.90 Å². The van der Waals surface area contributed by atoms with Crippen molar-refractivity contribution in [3.05, 3.63) is 0 Å². The lowest BCUT2D eigenvalue weighted by molar-refractivity contribution is -0.148. The SMILES string of the molecule is CNCC(=O)NCCC1CCN(CC(F)(F)F)CC1. The van der Waals surface area contributed by atoms with Crippen molar-refractivity contribution in [2.45, 2.75) is 25.4 Å². The second kappa shape index (κ2) is 7.69. The van der Waals surface area contributed by atoms with Gasteiger partial charge in [-0.2, -0.15) is 13.2 Å². The standard InChI is InChI=1S/C12H22F3N3O/c1-16-8-11(19)17-5-2-10-3-6-18(7-4-10)9-12(13,14)15/h10,16H,2-9H2,1H3,(H,17,19). The van der Waals surface area contributed by atoms with Crippen LogP contribution in [-0.2, 0) is 4.79 Å². The quantitative estimate of drug-likeness (QED) is 0.763. The van der Waals surface area contributed by atoms with E-state index in [0.29, 0.717) is 32.1 Å². The van der Waals surface area contributed by atoms with Crippen LogP contribution in [0, 0.1) is 5.92 Å². The molecule has 0 aliphatic carbocycles. The minimum Gasteiger partial charge on any atom is -0.355 e. The Kier molecular flexibility index (Phi) is 6.57. The Bertz CT molecular complexity index is 276. The molecule has 1 aliphatic heterocycles. The van der Waals surface area contributed by atoms with Gasteiger partial charge in [-0.1, -0.05) is 0 Å². The molecule has 1 fully saturated rings. The fourth-order valence-corrected chi connectivity index (χ4v) is 2.33. The summed E-state index contributed by atoms with van der Waals surface area (Å²) in [7, 11) is 1.70. The zero-order valence-corrected chi connectivity index (χ0v) is 11.2. The van der Waals surface area contributed by atoms with Gasteiger partial charge in [0.15, 0.2) is 0 Å². The highest BCUT2D eigenvalue weighted by atomic mass is 19.4. The van der Waals surface area contributed by atoms with Crippen LogP contribution in [0.2, 0.25) is 0 Å². The van der Waals surface area contributed by atoms with Crippen LogP contribution in [0.25, 0.3) is 0 Å². The first-order chi connectivity index (χ1) is 8.90. The Labute approximate surface area is 111 Å². The number of alkyl halides is 3. The van der Waals surface area contributed by atoms with Crippen molar-refractivity contribution in [2.24, 2.45) is 5.92 Å². The predicted molar refractivity (Wildman–Crippen MR) is 66.8 cm³/mol. The number of nitrogens with one attached hydrogen (secondary N) is 2. The number of amides is 1. The molecule has 19 heavy (non-hydrogen) atoms. The van der Waals surface area contributed by atoms with Crippen LogP contribution in [0.5, 0.6) is 0 Å². The molecule has 0 aromatic rings. The minimum absolute atomic E-state index is 0.0444. The third kappa shape index (κ3) is 7.37. The van der Waals surface area contributed by atoms with Crippen LogP contribution in [0.4, 0.5) is 13.2 Å². The molecule has 0 aromatic carbocycles. The summed E-state index contributed by atoms with van der Waals surface area (Å²) in [5, 5.41) is 5.54. The number of likely N-dealkylation sites (tertiary alicyclic amines) is 1. The number of nitrogens with zero attached hydrogens (tertiary/aromatic N) is 1. The smallest absolute Gasteiger partial charge is 0.355 e. The zero-order valence-electron chi connectivity index (χ0n) is 11.2. The van der Waals surface area contributed by atoms with Crippen molar-refractivity contribution in [1.29, 1.82) is 0 Å². The van der Waals surface area contributed by atoms with Crippen LogP contribution in [0.1, 0.15) is 19.3 Å². The molecule has 0 aromatic heterocycles. The first-order valence-electron chi connectivity index (χ1n) is 6.61. The van der Waals surface area contributed by atoms with Gasteiger partial charge in [-0.3, -0.25) is 9.69 Å². The van der Waals surface area contributed by atoms with E-state index in [-0.39, 0.29) is 5.91 Å². The third-order valence-corrected chi connectivity index (χ3v) is 3.32. The molecule has 4 nitrogen and oxygen atoms in total. The molecule has 0 atom stereocenters. The van der Waals surface area contributed by atoms with Gasteiger partial charge in [0.05, 0.1) is 13.1 Å². The molecule has 0 unspecified atom stereocenters. The summed E-state index contributed by atoms with van der Waals surface area (Å²) in [4.78, 5) is 12.6. The Balaban J connectivity index is 2.11. The number of hydrogen-bond donors (Lipinski definition) is 2. The Morgan fingerprint density at radius 1 is 1.32 bits per heavy atom. The topological polar surface area (TPSA) is 44.4 Å². The molecule has 2 N–H and O–H groups in total. The van der Waals surface area contributed by atoms with Gasteiger partial charge in [0, 0.05) is 6.54 Å². The average molecular weight is 281 g/mol. The number of piperidine rings is 1. The van der Waals surface area contributed by atoms with Gasteiger partial charge in [-0.15, -0.1) is 0 Å². The Morgan fingerprint density at radius 2 is 1.95 bits per heavy atom. The van der Waals surface area contributed by atoms with E-state index >= 15 is 0 Å². The third-order valence-electron chi connectivity index (χ3n) is 3.32. The normalized spacial score (nSPS) is 18.5. The van der Waals surface area contributed by atoms with Gasteiger partial charge in [0.1, 0.15) is 0 Å². The van der Waals surface area contributed by atoms with Gasteiger partial charge in [-0.05, 0) is 45.3 Å². The molecule has 112 valence electrons. The summed E-state index contributed by atoms with van der Waals surface area (Å²) in [5.74, 6) is 0.372. The molecular weight excluding hydrogens is 259 g/mol. The second-order valence-corrected chi connectivity index (χ2v) is 5.00. The van der Waals surface area contributed by atoms with E-state index in [2.05, 4.69) is 10.6 Å². The van der Waals surface area contributed by atoms with E-state index < -0.39 is 12.7 Å². The zero-order chi connectivity index (χ0) is 14.3. The van der Waals surface area contributed by atoms with Gasteiger partial charge < -0.3 is 10.6 Å². The monoisotopic (exact) mass is 281 g/mol. The minimum atomic E-state index is -4.10. The largest absolute Gasteiger partial charge is 0.401 e. The first-order valence-corrected chi connectivity index (χ1v) is 6.61. The van der Waals surface area contributed by atoms with Crippen LogP contribution in [0.3, 0.4) is 0 Å².